The van der Waals surface area contributed by atoms with Crippen molar-refractivity contribution in [1.29, 1.82) is 0 Å². The van der Waals surface area contributed by atoms with Gasteiger partial charge in [0.1, 0.15) is 48.7 Å². The number of imidazole rings is 1. The van der Waals surface area contributed by atoms with Gasteiger partial charge in [-0.1, -0.05) is 0 Å². The molecule has 24 nitrogen and oxygen atoms in total. The molecule has 3 heterocycles. The smallest absolute Gasteiger partial charge is 0.277 e. The van der Waals surface area contributed by atoms with Crippen LogP contribution in [0, 0.1) is 0 Å². The summed E-state index contributed by atoms with van der Waals surface area (Å²) in [4.78, 5) is 39.0. The van der Waals surface area contributed by atoms with E-state index in [2.05, 4.69) is 30.2 Å². The Bertz CT molecular complexity index is 2030. The van der Waals surface area contributed by atoms with Crippen LogP contribution in [0.2, 0.25) is 0 Å². The number of hydrogen-bond donors (Lipinski definition) is 14. The number of hydrogen-bond acceptors (Lipinski definition) is 19. The second kappa shape index (κ2) is 25.8. The molecule has 0 bridgehead atoms. The normalized spacial score (nSPS) is 15.8. The molecule has 0 aliphatic carbocycles. The summed E-state index contributed by atoms with van der Waals surface area (Å²) in [6.07, 6.45) is -12.8. The molecule has 0 spiro atoms. The third kappa shape index (κ3) is 14.0. The lowest BCUT2D eigenvalue weighted by Gasteiger charge is -2.33. The first-order chi connectivity index (χ1) is 30.7. The van der Waals surface area contributed by atoms with Crippen molar-refractivity contribution in [3.8, 4) is 0 Å². The molecule has 4 rings (SSSR count). The van der Waals surface area contributed by atoms with Gasteiger partial charge in [0.25, 0.3) is 17.6 Å². The minimum absolute atomic E-state index is 0.00180. The molecule has 0 saturated carbocycles. The molecule has 0 aliphatic rings. The third-order valence-corrected chi connectivity index (χ3v) is 10.5. The highest BCUT2D eigenvalue weighted by molar-refractivity contribution is 5.98. The van der Waals surface area contributed by atoms with E-state index >= 15 is 0 Å². The van der Waals surface area contributed by atoms with Crippen LogP contribution in [0.4, 0.5) is 5.82 Å². The van der Waals surface area contributed by atoms with Gasteiger partial charge < -0.3 is 86.6 Å². The van der Waals surface area contributed by atoms with Crippen LogP contribution < -0.4 is 20.9 Å². The Kier molecular flexibility index (Phi) is 21.0. The zero-order valence-electron chi connectivity index (χ0n) is 35.9. The number of amides is 2. The Balaban J connectivity index is 1.17. The number of benzene rings is 1. The number of fused-ring (bicyclic) bond motifs is 2. The number of aromatic amines is 1. The fourth-order valence-corrected chi connectivity index (χ4v) is 6.93. The molecule has 2 amide bonds. The maximum absolute atomic E-state index is 13.1. The molecular formula is C40H64N9O15+. The van der Waals surface area contributed by atoms with Gasteiger partial charge in [-0.15, -0.1) is 0 Å². The van der Waals surface area contributed by atoms with E-state index in [4.69, 9.17) is 30.2 Å². The topological polar surface area (TPSA) is 368 Å². The fourth-order valence-electron chi connectivity index (χ4n) is 6.93. The van der Waals surface area contributed by atoms with Gasteiger partial charge in [-0.3, -0.25) is 14.5 Å². The number of nitrogens with one attached hydrogen (secondary N) is 3. The van der Waals surface area contributed by atoms with Gasteiger partial charge in [0.2, 0.25) is 0 Å². The Morgan fingerprint density at radius 1 is 0.781 bits per heavy atom. The molecule has 1 aromatic carbocycles. The van der Waals surface area contributed by atoms with Gasteiger partial charge in [-0.25, -0.2) is 19.1 Å². The summed E-state index contributed by atoms with van der Waals surface area (Å²) in [6, 6.07) is 7.12. The van der Waals surface area contributed by atoms with Crippen LogP contribution >= 0.6 is 0 Å². The Hall–Kier alpha value is -4.51. The highest BCUT2D eigenvalue weighted by atomic mass is 16.5. The number of anilines is 1. The minimum Gasteiger partial charge on any atom is -0.394 e. The van der Waals surface area contributed by atoms with Gasteiger partial charge in [0.15, 0.2) is 28.2 Å². The van der Waals surface area contributed by atoms with Crippen molar-refractivity contribution in [3.05, 3.63) is 47.5 Å². The molecule has 0 aliphatic heterocycles. The Morgan fingerprint density at radius 2 is 1.36 bits per heavy atom. The highest BCUT2D eigenvalue weighted by Crippen LogP contribution is 2.19. The van der Waals surface area contributed by atoms with Crippen LogP contribution in [0.3, 0.4) is 0 Å². The number of rotatable bonds is 30. The first-order valence-corrected chi connectivity index (χ1v) is 21.0. The van der Waals surface area contributed by atoms with E-state index in [-0.39, 0.29) is 76.7 Å². The molecular weight excluding hydrogens is 846 g/mol. The van der Waals surface area contributed by atoms with Crippen molar-refractivity contribution in [2.45, 2.75) is 82.3 Å². The van der Waals surface area contributed by atoms with Crippen LogP contribution in [0.15, 0.2) is 30.5 Å². The van der Waals surface area contributed by atoms with Crippen LogP contribution in [0.25, 0.3) is 22.2 Å². The van der Waals surface area contributed by atoms with E-state index in [1.807, 2.05) is 24.5 Å². The standard InChI is InChI=1S/C40H63N9O15/c1-3-48-25-6-5-23(17-26(25)49(4-2)31(48)18-44-40(61)32-37(41)46-38-24(45-32)7-8-42-38)39(60)43-9-11-62-13-15-64-16-14-63-12-10-47(19-27(52)33(56)35(58)29(54)21-50)20-28(53)34(57)36(59)30(55)22-51/h5-8,17,27-30,33-36,50-59H,3-4,9-16,18-22H2,1-2H3,(H4-,41,42,43,44,45,46,60,61)/p+1. The monoisotopic (exact) mass is 910 g/mol. The van der Waals surface area contributed by atoms with Crippen molar-refractivity contribution in [2.75, 3.05) is 84.8 Å². The number of aliphatic hydroxyl groups excluding tert-OH is 10. The van der Waals surface area contributed by atoms with Crippen molar-refractivity contribution < 1.29 is 79.4 Å². The van der Waals surface area contributed by atoms with E-state index in [0.29, 0.717) is 29.8 Å². The zero-order chi connectivity index (χ0) is 46.9. The number of carbonyl (C=O) groups excluding carboxylic acids is 2. The maximum Gasteiger partial charge on any atom is 0.277 e. The number of aryl methyl sites for hydroxylation is 2. The maximum atomic E-state index is 13.1. The lowest BCUT2D eigenvalue weighted by atomic mass is 10.0. The largest absolute Gasteiger partial charge is 0.394 e. The number of carbonyl (C=O) groups is 2. The van der Waals surface area contributed by atoms with Gasteiger partial charge in [0.05, 0.1) is 78.2 Å². The summed E-state index contributed by atoms with van der Waals surface area (Å²) in [5.74, 6) is 0.0797. The molecule has 8 atom stereocenters. The van der Waals surface area contributed by atoms with Crippen molar-refractivity contribution >= 4 is 39.8 Å². The fraction of sp³-hybridized carbons (Fsp3) is 0.625. The van der Waals surface area contributed by atoms with Crippen molar-refractivity contribution in [3.63, 3.8) is 0 Å². The quantitative estimate of drug-likeness (QED) is 0.0172. The molecule has 4 aromatic rings. The SMILES string of the molecule is CCn1c(CNC(=O)c2nc3cc[nH]c3nc2N)[n+](CC)c2cc(C(=O)NCCOCCOCCOCCN(CC(O)C(O)C(O)C(O)CO)CC(O)C(O)C(O)C(O)CO)ccc21. The summed E-state index contributed by atoms with van der Waals surface area (Å²) in [7, 11) is 0. The molecule has 24 heteroatoms. The van der Waals surface area contributed by atoms with E-state index in [0.717, 1.165) is 16.9 Å². The van der Waals surface area contributed by atoms with Crippen LogP contribution in [-0.4, -0.2) is 215 Å². The summed E-state index contributed by atoms with van der Waals surface area (Å²) in [6.45, 7) is 3.93. The number of nitrogens with zero attached hydrogens (tertiary/aromatic N) is 5. The van der Waals surface area contributed by atoms with Crippen molar-refractivity contribution in [1.82, 2.24) is 35.1 Å². The number of H-pyrrole nitrogens is 1. The van der Waals surface area contributed by atoms with Gasteiger partial charge >= 0.3 is 0 Å². The Labute approximate surface area is 368 Å². The third-order valence-electron chi connectivity index (χ3n) is 10.5. The summed E-state index contributed by atoms with van der Waals surface area (Å²) in [5.41, 5.74) is 9.22. The van der Waals surface area contributed by atoms with Crippen molar-refractivity contribution in [2.24, 2.45) is 0 Å². The molecule has 0 radical (unpaired) electrons. The molecule has 64 heavy (non-hydrogen) atoms. The van der Waals surface area contributed by atoms with Gasteiger partial charge in [-0.05, 0) is 32.0 Å². The minimum atomic E-state index is -1.90. The second-order valence-electron chi connectivity index (χ2n) is 14.9. The molecule has 0 saturated heterocycles. The van der Waals surface area contributed by atoms with Gasteiger partial charge in [0, 0.05) is 44.0 Å². The average molecular weight is 911 g/mol. The molecule has 0 fully saturated rings. The van der Waals surface area contributed by atoms with E-state index in [1.54, 1.807) is 24.4 Å². The van der Waals surface area contributed by atoms with E-state index < -0.39 is 81.0 Å². The van der Waals surface area contributed by atoms with Crippen LogP contribution in [0.5, 0.6) is 0 Å². The first-order valence-electron chi connectivity index (χ1n) is 21.0. The molecule has 15 N–H and O–H groups in total. The first kappa shape index (κ1) is 52.1. The lowest BCUT2D eigenvalue weighted by molar-refractivity contribution is -0.676. The number of ether oxygens (including phenoxy) is 3. The Morgan fingerprint density at radius 3 is 1.94 bits per heavy atom. The molecule has 358 valence electrons. The highest BCUT2D eigenvalue weighted by Gasteiger charge is 2.34. The van der Waals surface area contributed by atoms with E-state index in [9.17, 15) is 50.4 Å². The average Bonchev–Trinajstić information content (AvgIpc) is 3.89. The molecule has 8 unspecified atom stereocenters. The van der Waals surface area contributed by atoms with Crippen LogP contribution in [0.1, 0.15) is 40.5 Å². The molecule has 3 aromatic heterocycles. The summed E-state index contributed by atoms with van der Waals surface area (Å²) < 4.78 is 20.8. The number of nitrogens with two attached hydrogens (primary N) is 1. The second-order valence-corrected chi connectivity index (χ2v) is 14.9. The summed E-state index contributed by atoms with van der Waals surface area (Å²) >= 11 is 0. The van der Waals surface area contributed by atoms with E-state index in [1.165, 1.54) is 4.90 Å². The number of aliphatic hydroxyl groups is 10. The van der Waals surface area contributed by atoms with Crippen LogP contribution in [-0.2, 0) is 33.8 Å². The summed E-state index contributed by atoms with van der Waals surface area (Å²) in [5, 5.41) is 104. The zero-order valence-corrected chi connectivity index (χ0v) is 35.9. The number of aromatic nitrogens is 5. The predicted molar refractivity (Wildman–Crippen MR) is 226 cm³/mol. The number of nitrogen functional groups attached to an aromatic ring is 1. The van der Waals surface area contributed by atoms with Gasteiger partial charge in [-0.2, -0.15) is 0 Å². The lowest BCUT2D eigenvalue weighted by Crippen LogP contribution is -2.53. The predicted octanol–water partition coefficient (Wildman–Crippen LogP) is -5.29.